The van der Waals surface area contributed by atoms with Crippen LogP contribution >= 0.6 is 11.8 Å². The first kappa shape index (κ1) is 23.4. The monoisotopic (exact) mass is 462 g/mol. The summed E-state index contributed by atoms with van der Waals surface area (Å²) < 4.78 is 47.0. The van der Waals surface area contributed by atoms with Gasteiger partial charge in [0.1, 0.15) is 5.75 Å². The number of anilines is 1. The average Bonchev–Trinajstić information content (AvgIpc) is 3.15. The van der Waals surface area contributed by atoms with Gasteiger partial charge in [0.15, 0.2) is 17.1 Å². The predicted octanol–water partition coefficient (Wildman–Crippen LogP) is 5.35. The summed E-state index contributed by atoms with van der Waals surface area (Å²) in [5, 5.41) is 11.1. The van der Waals surface area contributed by atoms with E-state index in [-0.39, 0.29) is 11.4 Å². The van der Waals surface area contributed by atoms with Crippen molar-refractivity contribution in [2.75, 3.05) is 11.1 Å². The van der Waals surface area contributed by atoms with Gasteiger partial charge in [-0.25, -0.2) is 0 Å². The van der Waals surface area contributed by atoms with Gasteiger partial charge in [-0.2, -0.15) is 13.2 Å². The van der Waals surface area contributed by atoms with Gasteiger partial charge in [0.25, 0.3) is 0 Å². The number of hydrogen-bond acceptors (Lipinski definition) is 5. The van der Waals surface area contributed by atoms with Crippen LogP contribution in [0.25, 0.3) is 0 Å². The zero-order chi connectivity index (χ0) is 23.1. The van der Waals surface area contributed by atoms with Crippen LogP contribution in [0.2, 0.25) is 0 Å². The molecular weight excluding hydrogens is 441 g/mol. The number of nitrogens with zero attached hydrogens (tertiary/aromatic N) is 3. The van der Waals surface area contributed by atoms with Crippen LogP contribution < -0.4 is 10.1 Å². The fourth-order valence-corrected chi connectivity index (χ4v) is 3.67. The summed E-state index contributed by atoms with van der Waals surface area (Å²) in [5.74, 6) is 0.481. The van der Waals surface area contributed by atoms with E-state index in [1.54, 1.807) is 10.6 Å². The highest BCUT2D eigenvalue weighted by Gasteiger charge is 2.33. The van der Waals surface area contributed by atoms with Crippen molar-refractivity contribution in [3.05, 3.63) is 78.6 Å². The van der Waals surface area contributed by atoms with Gasteiger partial charge in [0.05, 0.1) is 17.0 Å². The number of benzene rings is 2. The molecular formula is C22H21F3N4O2S. The van der Waals surface area contributed by atoms with E-state index in [2.05, 4.69) is 22.1 Å². The lowest BCUT2D eigenvalue weighted by Crippen LogP contribution is -2.18. The molecule has 0 aliphatic rings. The molecule has 0 saturated heterocycles. The number of carbonyl (C=O) groups excluding carboxylic acids is 1. The number of rotatable bonds is 9. The molecule has 168 valence electrons. The Labute approximate surface area is 187 Å². The highest BCUT2D eigenvalue weighted by molar-refractivity contribution is 7.99. The van der Waals surface area contributed by atoms with Crippen molar-refractivity contribution in [3.8, 4) is 5.75 Å². The third-order valence-corrected chi connectivity index (χ3v) is 5.28. The topological polar surface area (TPSA) is 69.0 Å². The first-order valence-corrected chi connectivity index (χ1v) is 10.6. The standard InChI is InChI=1S/C22H21F3N4O2S/c1-3-13-29-20(15(2)31-16-9-5-4-6-10-16)27-28-21(29)32-14-19(30)26-18-12-8-7-11-17(18)22(23,24)25/h3-12,15H,1,13-14H2,2H3,(H,26,30). The minimum Gasteiger partial charge on any atom is -0.483 e. The van der Waals surface area contributed by atoms with Gasteiger partial charge in [0, 0.05) is 6.54 Å². The molecule has 0 bridgehead atoms. The van der Waals surface area contributed by atoms with Crippen molar-refractivity contribution in [1.29, 1.82) is 0 Å². The summed E-state index contributed by atoms with van der Waals surface area (Å²) >= 11 is 1.06. The minimum absolute atomic E-state index is 0.143. The summed E-state index contributed by atoms with van der Waals surface area (Å²) in [5.41, 5.74) is -1.19. The molecule has 1 aromatic heterocycles. The number of carbonyl (C=O) groups is 1. The second kappa shape index (κ2) is 10.4. The highest BCUT2D eigenvalue weighted by atomic mass is 32.2. The maximum atomic E-state index is 13.1. The van der Waals surface area contributed by atoms with E-state index >= 15 is 0 Å². The summed E-state index contributed by atoms with van der Waals surface area (Å²) in [7, 11) is 0. The highest BCUT2D eigenvalue weighted by Crippen LogP contribution is 2.34. The molecule has 0 aliphatic carbocycles. The van der Waals surface area contributed by atoms with E-state index in [4.69, 9.17) is 4.74 Å². The van der Waals surface area contributed by atoms with Crippen LogP contribution in [-0.2, 0) is 17.5 Å². The van der Waals surface area contributed by atoms with E-state index in [0.29, 0.717) is 23.3 Å². The predicted molar refractivity (Wildman–Crippen MR) is 117 cm³/mol. The number of aromatic nitrogens is 3. The number of hydrogen-bond donors (Lipinski definition) is 1. The fraction of sp³-hybridized carbons (Fsp3) is 0.227. The molecule has 1 N–H and O–H groups in total. The fourth-order valence-electron chi connectivity index (χ4n) is 2.92. The van der Waals surface area contributed by atoms with Gasteiger partial charge in [0.2, 0.25) is 5.91 Å². The van der Waals surface area contributed by atoms with E-state index in [9.17, 15) is 18.0 Å². The first-order chi connectivity index (χ1) is 15.3. The second-order valence-electron chi connectivity index (χ2n) is 6.69. The Morgan fingerprint density at radius 3 is 2.56 bits per heavy atom. The Morgan fingerprint density at radius 2 is 1.88 bits per heavy atom. The van der Waals surface area contributed by atoms with E-state index in [1.165, 1.54) is 18.2 Å². The van der Waals surface area contributed by atoms with Crippen LogP contribution in [0.1, 0.15) is 24.4 Å². The SMILES string of the molecule is C=CCn1c(SCC(=O)Nc2ccccc2C(F)(F)F)nnc1C(C)Oc1ccccc1. The van der Waals surface area contributed by atoms with Crippen molar-refractivity contribution in [3.63, 3.8) is 0 Å². The molecule has 0 radical (unpaired) electrons. The van der Waals surface area contributed by atoms with E-state index in [0.717, 1.165) is 17.8 Å². The van der Waals surface area contributed by atoms with Crippen molar-refractivity contribution in [1.82, 2.24) is 14.8 Å². The summed E-state index contributed by atoms with van der Waals surface area (Å²) in [6.07, 6.45) is -3.33. The first-order valence-electron chi connectivity index (χ1n) is 9.64. The Morgan fingerprint density at radius 1 is 1.19 bits per heavy atom. The Balaban J connectivity index is 1.69. The lowest BCUT2D eigenvalue weighted by molar-refractivity contribution is -0.137. The van der Waals surface area contributed by atoms with Crippen LogP contribution in [0, 0.1) is 0 Å². The van der Waals surface area contributed by atoms with Crippen LogP contribution in [-0.4, -0.2) is 26.4 Å². The third kappa shape index (κ3) is 5.91. The maximum Gasteiger partial charge on any atom is 0.418 e. The molecule has 1 amide bonds. The number of halogens is 3. The molecule has 0 spiro atoms. The molecule has 3 rings (SSSR count). The maximum absolute atomic E-state index is 13.1. The quantitative estimate of drug-likeness (QED) is 0.343. The van der Waals surface area contributed by atoms with E-state index in [1.807, 2.05) is 37.3 Å². The molecule has 1 unspecified atom stereocenters. The molecule has 3 aromatic rings. The number of alkyl halides is 3. The van der Waals surface area contributed by atoms with Gasteiger partial charge in [-0.05, 0) is 31.2 Å². The van der Waals surface area contributed by atoms with Crippen molar-refractivity contribution < 1.29 is 22.7 Å². The normalized spacial score (nSPS) is 12.2. The number of amides is 1. The molecule has 0 fully saturated rings. The number of ether oxygens (including phenoxy) is 1. The molecule has 0 aliphatic heterocycles. The second-order valence-corrected chi connectivity index (χ2v) is 7.64. The molecule has 32 heavy (non-hydrogen) atoms. The Kier molecular flexibility index (Phi) is 7.57. The largest absolute Gasteiger partial charge is 0.483 e. The molecule has 6 nitrogen and oxygen atoms in total. The smallest absolute Gasteiger partial charge is 0.418 e. The average molecular weight is 462 g/mol. The van der Waals surface area contributed by atoms with Crippen molar-refractivity contribution >= 4 is 23.4 Å². The van der Waals surface area contributed by atoms with Gasteiger partial charge in [-0.15, -0.1) is 16.8 Å². The summed E-state index contributed by atoms with van der Waals surface area (Å²) in [6, 6.07) is 14.1. The van der Waals surface area contributed by atoms with Crippen LogP contribution in [0.3, 0.4) is 0 Å². The van der Waals surface area contributed by atoms with Crippen LogP contribution in [0.4, 0.5) is 18.9 Å². The van der Waals surface area contributed by atoms with Gasteiger partial charge < -0.3 is 10.1 Å². The van der Waals surface area contributed by atoms with Crippen molar-refractivity contribution in [2.45, 2.75) is 30.9 Å². The zero-order valence-corrected chi connectivity index (χ0v) is 18.0. The third-order valence-electron chi connectivity index (χ3n) is 4.32. The van der Waals surface area contributed by atoms with Gasteiger partial charge in [-0.3, -0.25) is 9.36 Å². The minimum atomic E-state index is -4.56. The molecule has 1 heterocycles. The lowest BCUT2D eigenvalue weighted by atomic mass is 10.1. The number of allylic oxidation sites excluding steroid dienone is 1. The summed E-state index contributed by atoms with van der Waals surface area (Å²) in [4.78, 5) is 12.3. The summed E-state index contributed by atoms with van der Waals surface area (Å²) in [6.45, 7) is 5.94. The number of para-hydroxylation sites is 2. The molecule has 0 saturated carbocycles. The van der Waals surface area contributed by atoms with E-state index < -0.39 is 23.8 Å². The Bertz CT molecular complexity index is 1070. The van der Waals surface area contributed by atoms with Crippen LogP contribution in [0.15, 0.2) is 72.4 Å². The lowest BCUT2D eigenvalue weighted by Gasteiger charge is -2.16. The van der Waals surface area contributed by atoms with Crippen LogP contribution in [0.5, 0.6) is 5.75 Å². The van der Waals surface area contributed by atoms with Gasteiger partial charge >= 0.3 is 6.18 Å². The van der Waals surface area contributed by atoms with Gasteiger partial charge in [-0.1, -0.05) is 48.2 Å². The molecule has 1 atom stereocenters. The number of nitrogens with one attached hydrogen (secondary N) is 1. The molecule has 2 aromatic carbocycles. The number of thioether (sulfide) groups is 1. The van der Waals surface area contributed by atoms with Crippen molar-refractivity contribution in [2.24, 2.45) is 0 Å². The zero-order valence-electron chi connectivity index (χ0n) is 17.2. The molecule has 10 heteroatoms. The Hall–Kier alpha value is -3.27.